The molecule has 3 atom stereocenters. The molecule has 0 radical (unpaired) electrons. The fourth-order valence-corrected chi connectivity index (χ4v) is 15.2. The van der Waals surface area contributed by atoms with Crippen molar-refractivity contribution in [3.63, 3.8) is 0 Å². The van der Waals surface area contributed by atoms with Crippen LogP contribution in [-0.2, 0) is 9.47 Å². The molecule has 3 aromatic rings. The Hall–Kier alpha value is -1.52. The predicted octanol–water partition coefficient (Wildman–Crippen LogP) is 7.09. The molecule has 0 spiro atoms. The van der Waals surface area contributed by atoms with Gasteiger partial charge in [-0.15, -0.1) is 0 Å². The summed E-state index contributed by atoms with van der Waals surface area (Å²) in [5.74, 6) is 0.568. The van der Waals surface area contributed by atoms with Crippen molar-refractivity contribution in [2.75, 3.05) is 20.1 Å². The Morgan fingerprint density at radius 2 is 1.21 bits per heavy atom. The molecular formula is C30H38IO2P. The zero-order valence-electron chi connectivity index (χ0n) is 21.0. The van der Waals surface area contributed by atoms with Crippen LogP contribution < -0.4 is 15.9 Å². The van der Waals surface area contributed by atoms with Crippen molar-refractivity contribution in [1.29, 1.82) is 0 Å². The fourth-order valence-electron chi connectivity index (χ4n) is 5.23. The first kappa shape index (κ1) is 27.1. The number of rotatable bonds is 11. The number of halogens is 1. The van der Waals surface area contributed by atoms with Gasteiger partial charge in [0, 0.05) is 0 Å². The first-order valence-electron chi connectivity index (χ1n) is 12.0. The van der Waals surface area contributed by atoms with E-state index in [1.54, 1.807) is 7.11 Å². The average Bonchev–Trinajstić information content (AvgIpc) is 2.85. The van der Waals surface area contributed by atoms with E-state index in [4.69, 9.17) is 9.47 Å². The Balaban J connectivity index is 2.24. The molecular weight excluding hydrogens is 550 g/mol. The number of hydrogen-bond acceptors (Lipinski definition) is 2. The maximum atomic E-state index is 6.37. The Morgan fingerprint density at radius 3 is 1.56 bits per heavy atom. The molecule has 34 heavy (non-hydrogen) atoms. The van der Waals surface area contributed by atoms with E-state index in [9.17, 15) is 0 Å². The van der Waals surface area contributed by atoms with Gasteiger partial charge in [-0.3, -0.25) is 0 Å². The summed E-state index contributed by atoms with van der Waals surface area (Å²) in [6.45, 7) is 9.23. The Bertz CT molecular complexity index is 950. The van der Waals surface area contributed by atoms with Crippen LogP contribution in [0.3, 0.4) is 0 Å². The Labute approximate surface area is 219 Å². The minimum atomic E-state index is -2.87. The van der Waals surface area contributed by atoms with Gasteiger partial charge in [-0.1, -0.05) is 0 Å². The topological polar surface area (TPSA) is 18.5 Å². The summed E-state index contributed by atoms with van der Waals surface area (Å²) < 4.78 is 8.85. The Kier molecular flexibility index (Phi) is 9.51. The summed E-state index contributed by atoms with van der Waals surface area (Å²) in [4.78, 5) is 0. The third kappa shape index (κ3) is 5.65. The average molecular weight is 589 g/mol. The van der Waals surface area contributed by atoms with Crippen molar-refractivity contribution < 1.29 is 9.47 Å². The second-order valence-corrected chi connectivity index (χ2v) is 20.2. The van der Waals surface area contributed by atoms with Crippen LogP contribution in [0.2, 0.25) is 0 Å². The number of ether oxygens (including phenoxy) is 2. The molecule has 0 N–H and O–H groups in total. The maximum absolute atomic E-state index is 6.37. The molecule has 0 saturated heterocycles. The summed E-state index contributed by atoms with van der Waals surface area (Å²) in [6, 6.07) is 33.3. The summed E-state index contributed by atoms with van der Waals surface area (Å²) in [5, 5.41) is 4.20. The normalized spacial score (nSPS) is 15.5. The molecule has 3 rings (SSSR count). The van der Waals surface area contributed by atoms with E-state index in [-0.39, 0.29) is 17.9 Å². The van der Waals surface area contributed by atoms with E-state index in [0.717, 1.165) is 6.16 Å². The molecule has 0 unspecified atom stereocenters. The molecule has 0 bridgehead atoms. The van der Waals surface area contributed by atoms with Crippen LogP contribution in [0.25, 0.3) is 0 Å². The van der Waals surface area contributed by atoms with Crippen molar-refractivity contribution in [2.45, 2.75) is 33.8 Å². The minimum absolute atomic E-state index is 0.0438. The summed E-state index contributed by atoms with van der Waals surface area (Å²) in [7, 11) is 1.70. The molecule has 182 valence electrons. The molecule has 0 heterocycles. The second-order valence-electron chi connectivity index (χ2n) is 9.49. The van der Waals surface area contributed by atoms with Crippen LogP contribution in [0.15, 0.2) is 103 Å². The van der Waals surface area contributed by atoms with Gasteiger partial charge >= 0.3 is 220 Å². The van der Waals surface area contributed by atoms with Crippen LogP contribution in [0.1, 0.15) is 27.7 Å². The fraction of sp³-hybridized carbons (Fsp3) is 0.333. The molecule has 0 saturated carbocycles. The van der Waals surface area contributed by atoms with Crippen LogP contribution in [0, 0.1) is 11.8 Å². The first-order valence-corrected chi connectivity index (χ1v) is 17.2. The molecule has 0 aromatic heterocycles. The molecule has 0 amide bonds. The van der Waals surface area contributed by atoms with Crippen LogP contribution in [0.5, 0.6) is 0 Å². The van der Waals surface area contributed by atoms with Gasteiger partial charge in [0.15, 0.2) is 0 Å². The summed E-state index contributed by atoms with van der Waals surface area (Å²) in [5.41, 5.74) is 1.31. The number of methoxy groups -OCH3 is 1. The van der Waals surface area contributed by atoms with Gasteiger partial charge in [-0.05, 0) is 0 Å². The molecule has 3 aromatic carbocycles. The monoisotopic (exact) mass is 588 g/mol. The molecule has 0 fully saturated rings. The van der Waals surface area contributed by atoms with Gasteiger partial charge in [0.1, 0.15) is 0 Å². The molecule has 0 aliphatic heterocycles. The van der Waals surface area contributed by atoms with Crippen molar-refractivity contribution in [3.8, 4) is 0 Å². The number of benzene rings is 3. The van der Waals surface area contributed by atoms with E-state index in [1.807, 2.05) is 0 Å². The number of hydrogen-bond donors (Lipinski definition) is 0. The van der Waals surface area contributed by atoms with Crippen LogP contribution in [0.4, 0.5) is 0 Å². The van der Waals surface area contributed by atoms with E-state index >= 15 is 0 Å². The second kappa shape index (κ2) is 11.9. The zero-order valence-corrected chi connectivity index (χ0v) is 24.1. The predicted molar refractivity (Wildman–Crippen MR) is 159 cm³/mol. The van der Waals surface area contributed by atoms with Crippen molar-refractivity contribution in [2.24, 2.45) is 11.8 Å². The van der Waals surface area contributed by atoms with Gasteiger partial charge < -0.3 is 0 Å². The van der Waals surface area contributed by atoms with Gasteiger partial charge in [0.2, 0.25) is 0 Å². The van der Waals surface area contributed by atoms with Crippen molar-refractivity contribution >= 4 is 42.2 Å². The third-order valence-corrected chi connectivity index (χ3v) is 18.1. The SMILES string of the molecule is COCO[C@H]([C@@H](C)C=C(C)C)[C@@H](C)CP(I)(c1ccccc1)(c1ccccc1)c1ccccc1. The Morgan fingerprint density at radius 1 is 0.794 bits per heavy atom. The van der Waals surface area contributed by atoms with E-state index in [2.05, 4.69) is 147 Å². The summed E-state index contributed by atoms with van der Waals surface area (Å²) in [6.07, 6.45) is 3.37. The zero-order chi connectivity index (χ0) is 24.6. The van der Waals surface area contributed by atoms with Gasteiger partial charge in [0.25, 0.3) is 0 Å². The van der Waals surface area contributed by atoms with Gasteiger partial charge in [-0.2, -0.15) is 0 Å². The molecule has 0 aliphatic carbocycles. The van der Waals surface area contributed by atoms with Crippen molar-refractivity contribution in [3.05, 3.63) is 103 Å². The van der Waals surface area contributed by atoms with Crippen LogP contribution in [-0.4, -0.2) is 26.2 Å². The van der Waals surface area contributed by atoms with Gasteiger partial charge in [0.05, 0.1) is 0 Å². The standard InChI is InChI=1S/C30H38IO2P/c1-24(2)21-25(3)30(33-23-32-5)26(4)22-34(31,27-15-9-6-10-16-27,28-17-11-7-12-18-28)29-19-13-8-14-20-29/h6-21,25-26,30H,22-23H2,1-5H3/t25-,26-,30+/m0/s1. The third-order valence-electron chi connectivity index (χ3n) is 6.57. The van der Waals surface area contributed by atoms with E-state index in [0.29, 0.717) is 6.79 Å². The number of allylic oxidation sites excluding steroid dienone is 1. The van der Waals surface area contributed by atoms with Crippen molar-refractivity contribution in [1.82, 2.24) is 0 Å². The molecule has 0 aliphatic rings. The molecule has 2 nitrogen and oxygen atoms in total. The summed E-state index contributed by atoms with van der Waals surface area (Å²) >= 11 is 2.87. The molecule has 4 heteroatoms. The van der Waals surface area contributed by atoms with Gasteiger partial charge in [-0.25, -0.2) is 0 Å². The van der Waals surface area contributed by atoms with E-state index in [1.165, 1.54) is 21.5 Å². The quantitative estimate of drug-likeness (QED) is 0.103. The van der Waals surface area contributed by atoms with Crippen LogP contribution >= 0.6 is 26.3 Å². The first-order chi connectivity index (χ1) is 16.3. The van der Waals surface area contributed by atoms with E-state index < -0.39 is 4.25 Å².